The minimum Gasteiger partial charge on any atom is -0.332 e. The molecule has 0 saturated heterocycles. The highest BCUT2D eigenvalue weighted by Gasteiger charge is 2.20. The van der Waals surface area contributed by atoms with E-state index in [1.54, 1.807) is 42.6 Å². The van der Waals surface area contributed by atoms with Gasteiger partial charge in [-0.2, -0.15) is 0 Å². The van der Waals surface area contributed by atoms with E-state index in [2.05, 4.69) is 5.32 Å². The Morgan fingerprint density at radius 3 is 2.65 bits per heavy atom. The number of carbonyl (C=O) groups is 2. The van der Waals surface area contributed by atoms with E-state index in [1.165, 1.54) is 41.0 Å². The summed E-state index contributed by atoms with van der Waals surface area (Å²) in [5.74, 6) is -0.361. The Morgan fingerprint density at radius 1 is 1.15 bits per heavy atom. The zero-order valence-electron chi connectivity index (χ0n) is 14.9. The molecule has 2 aromatic rings. The van der Waals surface area contributed by atoms with Crippen LogP contribution in [0.5, 0.6) is 0 Å². The van der Waals surface area contributed by atoms with Gasteiger partial charge in [0.25, 0.3) is 5.91 Å². The zero-order valence-corrected chi connectivity index (χ0v) is 16.5. The van der Waals surface area contributed by atoms with Gasteiger partial charge in [0.15, 0.2) is 0 Å². The zero-order chi connectivity index (χ0) is 18.5. The van der Waals surface area contributed by atoms with Gasteiger partial charge in [-0.1, -0.05) is 36.6 Å². The van der Waals surface area contributed by atoms with Crippen molar-refractivity contribution in [3.8, 4) is 0 Å². The average Bonchev–Trinajstić information content (AvgIpc) is 2.98. The first-order valence-electron chi connectivity index (χ1n) is 8.96. The number of hydrogen-bond acceptors (Lipinski definition) is 3. The van der Waals surface area contributed by atoms with Crippen LogP contribution >= 0.6 is 22.9 Å². The van der Waals surface area contributed by atoms with E-state index < -0.39 is 0 Å². The van der Waals surface area contributed by atoms with Crippen molar-refractivity contribution in [2.45, 2.75) is 38.5 Å². The number of fused-ring (bicyclic) bond motifs is 1. The van der Waals surface area contributed by atoms with Crippen molar-refractivity contribution >= 4 is 40.4 Å². The average molecular weight is 391 g/mol. The molecule has 1 aromatic heterocycles. The molecule has 0 atom stereocenters. The molecule has 0 fully saturated rings. The highest BCUT2D eigenvalue weighted by atomic mass is 35.5. The van der Waals surface area contributed by atoms with Crippen molar-refractivity contribution in [2.75, 3.05) is 18.9 Å². The molecule has 0 radical (unpaired) electrons. The van der Waals surface area contributed by atoms with Crippen molar-refractivity contribution in [3.05, 3.63) is 50.7 Å². The molecule has 1 N–H and O–H groups in total. The van der Waals surface area contributed by atoms with Crippen LogP contribution in [0.2, 0.25) is 5.02 Å². The number of aryl methyl sites for hydroxylation is 2. The van der Waals surface area contributed by atoms with Gasteiger partial charge in [0, 0.05) is 11.9 Å². The van der Waals surface area contributed by atoms with Gasteiger partial charge in [-0.25, -0.2) is 0 Å². The molecule has 2 amide bonds. The second-order valence-corrected chi connectivity index (χ2v) is 8.21. The molecule has 0 saturated carbocycles. The molecular formula is C20H23ClN2O2S. The van der Waals surface area contributed by atoms with Crippen LogP contribution in [0.3, 0.4) is 0 Å². The monoisotopic (exact) mass is 390 g/mol. The summed E-state index contributed by atoms with van der Waals surface area (Å²) in [4.78, 5) is 28.5. The summed E-state index contributed by atoms with van der Waals surface area (Å²) < 4.78 is 0. The predicted molar refractivity (Wildman–Crippen MR) is 107 cm³/mol. The molecule has 0 bridgehead atoms. The number of thiophene rings is 1. The first-order valence-corrected chi connectivity index (χ1v) is 10.2. The summed E-state index contributed by atoms with van der Waals surface area (Å²) in [6.07, 6.45) is 7.02. The van der Waals surface area contributed by atoms with E-state index in [0.29, 0.717) is 10.7 Å². The maximum absolute atomic E-state index is 12.7. The van der Waals surface area contributed by atoms with Crippen LogP contribution in [0.4, 0.5) is 5.69 Å². The van der Waals surface area contributed by atoms with Crippen molar-refractivity contribution in [1.29, 1.82) is 0 Å². The number of para-hydroxylation sites is 1. The largest absolute Gasteiger partial charge is 0.332 e. The second-order valence-electron chi connectivity index (χ2n) is 6.66. The second kappa shape index (κ2) is 8.69. The van der Waals surface area contributed by atoms with Gasteiger partial charge in [-0.05, 0) is 49.4 Å². The Bertz CT molecular complexity index is 777. The van der Waals surface area contributed by atoms with Crippen LogP contribution in [-0.2, 0) is 17.6 Å². The summed E-state index contributed by atoms with van der Waals surface area (Å²) in [5, 5.41) is 3.23. The van der Waals surface area contributed by atoms with Gasteiger partial charge in [-0.15, -0.1) is 11.3 Å². The Morgan fingerprint density at radius 2 is 1.88 bits per heavy atom. The van der Waals surface area contributed by atoms with E-state index in [-0.39, 0.29) is 18.4 Å². The van der Waals surface area contributed by atoms with Crippen LogP contribution in [0.1, 0.15) is 45.8 Å². The normalized spacial score (nSPS) is 14.1. The molecule has 4 nitrogen and oxygen atoms in total. The van der Waals surface area contributed by atoms with E-state index in [0.717, 1.165) is 17.7 Å². The minimum atomic E-state index is -0.260. The molecule has 1 heterocycles. The number of carbonyl (C=O) groups excluding carboxylic acids is 2. The summed E-state index contributed by atoms with van der Waals surface area (Å²) >= 11 is 7.64. The number of anilines is 1. The Kier molecular flexibility index (Phi) is 6.33. The molecule has 0 spiro atoms. The maximum atomic E-state index is 12.7. The Labute approximate surface area is 163 Å². The molecule has 0 unspecified atom stereocenters. The summed E-state index contributed by atoms with van der Waals surface area (Å²) in [6, 6.07) is 9.08. The molecule has 26 heavy (non-hydrogen) atoms. The van der Waals surface area contributed by atoms with Gasteiger partial charge < -0.3 is 10.2 Å². The highest BCUT2D eigenvalue weighted by Crippen LogP contribution is 2.29. The van der Waals surface area contributed by atoms with Crippen LogP contribution in [0.15, 0.2) is 30.3 Å². The van der Waals surface area contributed by atoms with Gasteiger partial charge in [0.05, 0.1) is 22.1 Å². The molecule has 3 rings (SSSR count). The number of hydrogen-bond donors (Lipinski definition) is 1. The Hall–Kier alpha value is -1.85. The third-order valence-electron chi connectivity index (χ3n) is 4.58. The molecule has 138 valence electrons. The van der Waals surface area contributed by atoms with E-state index in [4.69, 9.17) is 11.6 Å². The molecule has 6 heteroatoms. The van der Waals surface area contributed by atoms with Crippen LogP contribution < -0.4 is 5.32 Å². The fourth-order valence-electron chi connectivity index (χ4n) is 3.18. The summed E-state index contributed by atoms with van der Waals surface area (Å²) in [5.41, 5.74) is 1.87. The van der Waals surface area contributed by atoms with E-state index in [9.17, 15) is 9.59 Å². The number of nitrogens with one attached hydrogen (secondary N) is 1. The van der Waals surface area contributed by atoms with E-state index in [1.807, 2.05) is 6.07 Å². The lowest BCUT2D eigenvalue weighted by molar-refractivity contribution is -0.116. The number of benzene rings is 1. The first kappa shape index (κ1) is 18.9. The maximum Gasteiger partial charge on any atom is 0.264 e. The third kappa shape index (κ3) is 4.65. The third-order valence-corrected chi connectivity index (χ3v) is 6.14. The molecule has 0 aliphatic heterocycles. The number of halogens is 1. The van der Waals surface area contributed by atoms with E-state index >= 15 is 0 Å². The van der Waals surface area contributed by atoms with Crippen LogP contribution in [-0.4, -0.2) is 30.3 Å². The first-order chi connectivity index (χ1) is 12.5. The highest BCUT2D eigenvalue weighted by molar-refractivity contribution is 7.14. The van der Waals surface area contributed by atoms with Gasteiger partial charge >= 0.3 is 0 Å². The standard InChI is InChI=1S/C20H23ClN2O2S/c1-23(13-19(24)22-16-10-7-6-9-15(16)21)20(25)18-12-14-8-4-2-3-5-11-17(14)26-18/h6-7,9-10,12H,2-5,8,11,13H2,1H3,(H,22,24). The topological polar surface area (TPSA) is 49.4 Å². The quantitative estimate of drug-likeness (QED) is 0.817. The molecular weight excluding hydrogens is 368 g/mol. The lowest BCUT2D eigenvalue weighted by atomic mass is 10.00. The van der Waals surface area contributed by atoms with Crippen molar-refractivity contribution in [1.82, 2.24) is 4.90 Å². The smallest absolute Gasteiger partial charge is 0.264 e. The number of likely N-dealkylation sites (N-methyl/N-ethyl adjacent to an activating group) is 1. The fraction of sp³-hybridized carbons (Fsp3) is 0.400. The molecule has 1 aliphatic rings. The lowest BCUT2D eigenvalue weighted by Gasteiger charge is -2.16. The van der Waals surface area contributed by atoms with Crippen molar-refractivity contribution in [3.63, 3.8) is 0 Å². The number of nitrogens with zero attached hydrogens (tertiary/aromatic N) is 1. The van der Waals surface area contributed by atoms with Crippen LogP contribution in [0.25, 0.3) is 0 Å². The number of amides is 2. The van der Waals surface area contributed by atoms with Gasteiger partial charge in [0.1, 0.15) is 0 Å². The molecule has 1 aliphatic carbocycles. The Balaban J connectivity index is 1.63. The summed E-state index contributed by atoms with van der Waals surface area (Å²) in [7, 11) is 1.66. The fourth-order valence-corrected chi connectivity index (χ4v) is 4.61. The minimum absolute atomic E-state index is 0.00732. The molecule has 1 aromatic carbocycles. The number of rotatable bonds is 4. The van der Waals surface area contributed by atoms with Crippen molar-refractivity contribution in [2.24, 2.45) is 0 Å². The predicted octanol–water partition coefficient (Wildman–Crippen LogP) is 4.77. The van der Waals surface area contributed by atoms with Gasteiger partial charge in [-0.3, -0.25) is 9.59 Å². The van der Waals surface area contributed by atoms with Crippen LogP contribution in [0, 0.1) is 0 Å². The SMILES string of the molecule is CN(CC(=O)Nc1ccccc1Cl)C(=O)c1cc2c(s1)CCCCCC2. The van der Waals surface area contributed by atoms with Crippen molar-refractivity contribution < 1.29 is 9.59 Å². The lowest BCUT2D eigenvalue weighted by Crippen LogP contribution is -2.34. The van der Waals surface area contributed by atoms with Gasteiger partial charge in [0.2, 0.25) is 5.91 Å². The summed E-state index contributed by atoms with van der Waals surface area (Å²) in [6.45, 7) is -0.00732.